The molecule has 2 aliphatic rings. The topological polar surface area (TPSA) is 60.0 Å². The third-order valence-corrected chi connectivity index (χ3v) is 6.31. The molecule has 1 N–H and O–H groups in total. The summed E-state index contributed by atoms with van der Waals surface area (Å²) in [6.45, 7) is 1.16. The lowest BCUT2D eigenvalue weighted by atomic mass is 10.0. The quantitative estimate of drug-likeness (QED) is 0.674. The van der Waals surface area contributed by atoms with Crippen LogP contribution in [-0.2, 0) is 6.54 Å². The van der Waals surface area contributed by atoms with Crippen molar-refractivity contribution in [3.8, 4) is 17.2 Å². The summed E-state index contributed by atoms with van der Waals surface area (Å²) in [6, 6.07) is 13.7. The molecule has 2 amide bonds. The van der Waals surface area contributed by atoms with Crippen molar-refractivity contribution in [1.29, 1.82) is 0 Å². The first-order valence-corrected chi connectivity index (χ1v) is 11.2. The smallest absolute Gasteiger partial charge is 0.318 e. The SMILES string of the molecule is COc1ccc(OC)c(C2CCCN2C(=O)NCc2ccccc2OC2CCCC2)c1. The maximum Gasteiger partial charge on any atom is 0.318 e. The number of rotatable bonds is 7. The second-order valence-electron chi connectivity index (χ2n) is 8.25. The van der Waals surface area contributed by atoms with Gasteiger partial charge >= 0.3 is 6.03 Å². The summed E-state index contributed by atoms with van der Waals surface area (Å²) in [5, 5.41) is 3.11. The Kier molecular flexibility index (Phi) is 6.85. The van der Waals surface area contributed by atoms with Crippen molar-refractivity contribution in [2.45, 2.75) is 57.2 Å². The monoisotopic (exact) mass is 424 g/mol. The van der Waals surface area contributed by atoms with Crippen LogP contribution in [0.1, 0.15) is 55.7 Å². The van der Waals surface area contributed by atoms with Crippen molar-refractivity contribution in [3.63, 3.8) is 0 Å². The van der Waals surface area contributed by atoms with Crippen molar-refractivity contribution in [2.75, 3.05) is 20.8 Å². The number of urea groups is 1. The number of hydrogen-bond acceptors (Lipinski definition) is 4. The van der Waals surface area contributed by atoms with Gasteiger partial charge in [-0.1, -0.05) is 18.2 Å². The molecule has 2 aromatic rings. The number of nitrogens with zero attached hydrogens (tertiary/aromatic N) is 1. The van der Waals surface area contributed by atoms with Crippen LogP contribution in [0.2, 0.25) is 0 Å². The van der Waals surface area contributed by atoms with Crippen molar-refractivity contribution in [2.24, 2.45) is 0 Å². The highest BCUT2D eigenvalue weighted by Gasteiger charge is 2.32. The molecule has 4 rings (SSSR count). The van der Waals surface area contributed by atoms with Gasteiger partial charge in [0.1, 0.15) is 17.2 Å². The predicted octanol–water partition coefficient (Wildman–Crippen LogP) is 5.07. The van der Waals surface area contributed by atoms with Gasteiger partial charge in [0.2, 0.25) is 0 Å². The van der Waals surface area contributed by atoms with Gasteiger partial charge in [-0.2, -0.15) is 0 Å². The van der Waals surface area contributed by atoms with Gasteiger partial charge in [0, 0.05) is 24.2 Å². The third-order valence-electron chi connectivity index (χ3n) is 6.31. The van der Waals surface area contributed by atoms with E-state index in [-0.39, 0.29) is 12.1 Å². The molecule has 2 aromatic carbocycles. The minimum Gasteiger partial charge on any atom is -0.497 e. The van der Waals surface area contributed by atoms with E-state index in [1.54, 1.807) is 14.2 Å². The molecule has 6 nitrogen and oxygen atoms in total. The van der Waals surface area contributed by atoms with Gasteiger partial charge < -0.3 is 24.4 Å². The molecule has 1 aliphatic carbocycles. The zero-order valence-corrected chi connectivity index (χ0v) is 18.4. The lowest BCUT2D eigenvalue weighted by molar-refractivity contribution is 0.190. The maximum atomic E-state index is 13.1. The van der Waals surface area contributed by atoms with Crippen LogP contribution in [0.4, 0.5) is 4.79 Å². The number of para-hydroxylation sites is 1. The molecule has 166 valence electrons. The standard InChI is InChI=1S/C25H32N2O4/c1-29-20-13-14-24(30-2)21(16-20)22-11-7-15-27(22)25(28)26-17-18-8-3-6-12-23(18)31-19-9-4-5-10-19/h3,6,8,12-14,16,19,22H,4-5,7,9-11,15,17H2,1-2H3,(H,26,28). The molecule has 1 aliphatic heterocycles. The first-order valence-electron chi connectivity index (χ1n) is 11.2. The van der Waals surface area contributed by atoms with E-state index < -0.39 is 0 Å². The summed E-state index contributed by atoms with van der Waals surface area (Å²) in [4.78, 5) is 15.0. The van der Waals surface area contributed by atoms with Crippen LogP contribution in [-0.4, -0.2) is 37.8 Å². The van der Waals surface area contributed by atoms with E-state index in [1.807, 2.05) is 47.4 Å². The maximum absolute atomic E-state index is 13.1. The summed E-state index contributed by atoms with van der Waals surface area (Å²) in [6.07, 6.45) is 6.83. The van der Waals surface area contributed by atoms with Crippen LogP contribution >= 0.6 is 0 Å². The van der Waals surface area contributed by atoms with Gasteiger partial charge in [0.15, 0.2) is 0 Å². The molecular weight excluding hydrogens is 392 g/mol. The molecule has 1 saturated heterocycles. The van der Waals surface area contributed by atoms with Gasteiger partial charge in [-0.15, -0.1) is 0 Å². The van der Waals surface area contributed by atoms with Crippen LogP contribution in [0.25, 0.3) is 0 Å². The number of ether oxygens (including phenoxy) is 3. The average molecular weight is 425 g/mol. The van der Waals surface area contributed by atoms with Gasteiger partial charge in [0.05, 0.1) is 26.4 Å². The molecule has 2 fully saturated rings. The minimum absolute atomic E-state index is 0.0324. The zero-order valence-electron chi connectivity index (χ0n) is 18.4. The van der Waals surface area contributed by atoms with Crippen molar-refractivity contribution in [3.05, 3.63) is 53.6 Å². The Bertz CT molecular complexity index is 895. The Balaban J connectivity index is 1.44. The normalized spacial score (nSPS) is 18.8. The summed E-state index contributed by atoms with van der Waals surface area (Å²) in [5.41, 5.74) is 2.00. The Morgan fingerprint density at radius 1 is 1.00 bits per heavy atom. The molecule has 31 heavy (non-hydrogen) atoms. The second-order valence-corrected chi connectivity index (χ2v) is 8.25. The molecule has 1 atom stereocenters. The van der Waals surface area contributed by atoms with Crippen LogP contribution in [0.15, 0.2) is 42.5 Å². The van der Waals surface area contributed by atoms with Crippen LogP contribution in [0.3, 0.4) is 0 Å². The number of likely N-dealkylation sites (tertiary alicyclic amines) is 1. The Morgan fingerprint density at radius 2 is 1.81 bits per heavy atom. The first kappa shape index (κ1) is 21.3. The molecule has 0 radical (unpaired) electrons. The van der Waals surface area contributed by atoms with Crippen LogP contribution in [0, 0.1) is 0 Å². The van der Waals surface area contributed by atoms with Gasteiger partial charge in [0.25, 0.3) is 0 Å². The van der Waals surface area contributed by atoms with E-state index in [0.717, 1.165) is 60.6 Å². The average Bonchev–Trinajstić information content (AvgIpc) is 3.50. The fraction of sp³-hybridized carbons (Fsp3) is 0.480. The number of benzene rings is 2. The fourth-order valence-electron chi connectivity index (χ4n) is 4.66. The lowest BCUT2D eigenvalue weighted by Crippen LogP contribution is -2.39. The molecule has 6 heteroatoms. The molecule has 1 saturated carbocycles. The molecule has 0 bridgehead atoms. The first-order chi connectivity index (χ1) is 15.2. The predicted molar refractivity (Wildman–Crippen MR) is 120 cm³/mol. The minimum atomic E-state index is -0.0666. The fourth-order valence-corrected chi connectivity index (χ4v) is 4.66. The molecule has 1 heterocycles. The highest BCUT2D eigenvalue weighted by Crippen LogP contribution is 2.39. The summed E-state index contributed by atoms with van der Waals surface area (Å²) >= 11 is 0. The number of nitrogens with one attached hydrogen (secondary N) is 1. The molecule has 0 spiro atoms. The number of carbonyl (C=O) groups is 1. The van der Waals surface area contributed by atoms with E-state index in [1.165, 1.54) is 12.8 Å². The summed E-state index contributed by atoms with van der Waals surface area (Å²) in [5.74, 6) is 2.42. The van der Waals surface area contributed by atoms with Crippen molar-refractivity contribution >= 4 is 6.03 Å². The number of methoxy groups -OCH3 is 2. The van der Waals surface area contributed by atoms with Crippen LogP contribution < -0.4 is 19.5 Å². The summed E-state index contributed by atoms with van der Waals surface area (Å²) < 4.78 is 17.2. The Morgan fingerprint density at radius 3 is 2.58 bits per heavy atom. The highest BCUT2D eigenvalue weighted by atomic mass is 16.5. The van der Waals surface area contributed by atoms with E-state index in [0.29, 0.717) is 12.6 Å². The molecule has 0 aromatic heterocycles. The van der Waals surface area contributed by atoms with E-state index >= 15 is 0 Å². The lowest BCUT2D eigenvalue weighted by Gasteiger charge is -2.27. The Hall–Kier alpha value is -2.89. The molecular formula is C25H32N2O4. The Labute approximate surface area is 184 Å². The van der Waals surface area contributed by atoms with Crippen molar-refractivity contribution < 1.29 is 19.0 Å². The van der Waals surface area contributed by atoms with Crippen LogP contribution in [0.5, 0.6) is 17.2 Å². The van der Waals surface area contributed by atoms with Gasteiger partial charge in [-0.25, -0.2) is 4.79 Å². The van der Waals surface area contributed by atoms with Gasteiger partial charge in [-0.05, 0) is 62.8 Å². The zero-order chi connectivity index (χ0) is 21.6. The largest absolute Gasteiger partial charge is 0.497 e. The second kappa shape index (κ2) is 9.94. The number of carbonyl (C=O) groups excluding carboxylic acids is 1. The number of hydrogen-bond donors (Lipinski definition) is 1. The number of amides is 2. The molecule has 1 unspecified atom stereocenters. The van der Waals surface area contributed by atoms with Crippen molar-refractivity contribution in [1.82, 2.24) is 10.2 Å². The van der Waals surface area contributed by atoms with E-state index in [9.17, 15) is 4.79 Å². The highest BCUT2D eigenvalue weighted by molar-refractivity contribution is 5.75. The van der Waals surface area contributed by atoms with E-state index in [4.69, 9.17) is 14.2 Å². The third kappa shape index (κ3) is 4.89. The van der Waals surface area contributed by atoms with E-state index in [2.05, 4.69) is 5.32 Å². The van der Waals surface area contributed by atoms with Gasteiger partial charge in [-0.3, -0.25) is 0 Å². The summed E-state index contributed by atoms with van der Waals surface area (Å²) in [7, 11) is 3.31.